The fraction of sp³-hybridized carbons (Fsp3) is 0.652. The molecule has 2 rings (SSSR count). The minimum Gasteiger partial charge on any atom is -0.372 e. The van der Waals surface area contributed by atoms with Crippen molar-refractivity contribution < 1.29 is 9.59 Å². The Morgan fingerprint density at radius 3 is 2.25 bits per heavy atom. The van der Waals surface area contributed by atoms with Crippen molar-refractivity contribution in [1.29, 1.82) is 0 Å². The summed E-state index contributed by atoms with van der Waals surface area (Å²) in [6.45, 7) is 5.95. The van der Waals surface area contributed by atoms with Gasteiger partial charge < -0.3 is 15.1 Å². The van der Waals surface area contributed by atoms with Gasteiger partial charge in [0.1, 0.15) is 0 Å². The molecule has 1 aliphatic rings. The molecule has 2 amide bonds. The van der Waals surface area contributed by atoms with Gasteiger partial charge in [-0.15, -0.1) is 0 Å². The SMILES string of the molecule is CCN(CC)C(=O)CCCC(=O)NCc1ccc(N(C)C2CCCCC2)cc1. The van der Waals surface area contributed by atoms with Crippen LogP contribution in [0, 0.1) is 0 Å². The average molecular weight is 388 g/mol. The fourth-order valence-corrected chi connectivity index (χ4v) is 3.95. The van der Waals surface area contributed by atoms with E-state index in [2.05, 4.69) is 41.5 Å². The monoisotopic (exact) mass is 387 g/mol. The van der Waals surface area contributed by atoms with Crippen LogP contribution in [0.25, 0.3) is 0 Å². The molecule has 0 heterocycles. The molecule has 1 aromatic carbocycles. The first kappa shape index (κ1) is 22.3. The van der Waals surface area contributed by atoms with Crippen LogP contribution in [-0.4, -0.2) is 42.9 Å². The number of nitrogens with one attached hydrogen (secondary N) is 1. The molecule has 0 saturated heterocycles. The van der Waals surface area contributed by atoms with Crippen LogP contribution < -0.4 is 10.2 Å². The first-order valence-electron chi connectivity index (χ1n) is 10.9. The largest absolute Gasteiger partial charge is 0.372 e. The quantitative estimate of drug-likeness (QED) is 0.657. The van der Waals surface area contributed by atoms with E-state index in [4.69, 9.17) is 0 Å². The van der Waals surface area contributed by atoms with Gasteiger partial charge in [-0.25, -0.2) is 0 Å². The Kier molecular flexibility index (Phi) is 9.32. The van der Waals surface area contributed by atoms with E-state index in [1.54, 1.807) is 0 Å². The molecule has 0 aromatic heterocycles. The summed E-state index contributed by atoms with van der Waals surface area (Å²) in [5.74, 6) is 0.145. The summed E-state index contributed by atoms with van der Waals surface area (Å²) in [5.41, 5.74) is 2.35. The highest BCUT2D eigenvalue weighted by Crippen LogP contribution is 2.26. The lowest BCUT2D eigenvalue weighted by Gasteiger charge is -2.33. The van der Waals surface area contributed by atoms with Crippen molar-refractivity contribution in [3.8, 4) is 0 Å². The second kappa shape index (κ2) is 11.7. The smallest absolute Gasteiger partial charge is 0.222 e. The van der Waals surface area contributed by atoms with Gasteiger partial charge in [0, 0.05) is 51.3 Å². The van der Waals surface area contributed by atoms with Gasteiger partial charge in [0.2, 0.25) is 11.8 Å². The van der Waals surface area contributed by atoms with E-state index in [1.807, 2.05) is 18.7 Å². The van der Waals surface area contributed by atoms with Crippen LogP contribution in [0.4, 0.5) is 5.69 Å². The lowest BCUT2D eigenvalue weighted by atomic mass is 9.94. The Bertz CT molecular complexity index is 605. The zero-order chi connectivity index (χ0) is 20.4. The van der Waals surface area contributed by atoms with Crippen molar-refractivity contribution in [1.82, 2.24) is 10.2 Å². The van der Waals surface area contributed by atoms with Gasteiger partial charge in [-0.05, 0) is 50.8 Å². The molecule has 0 aliphatic heterocycles. The Balaban J connectivity index is 1.70. The van der Waals surface area contributed by atoms with E-state index in [1.165, 1.54) is 37.8 Å². The Morgan fingerprint density at radius 1 is 1.00 bits per heavy atom. The lowest BCUT2D eigenvalue weighted by molar-refractivity contribution is -0.131. The van der Waals surface area contributed by atoms with E-state index >= 15 is 0 Å². The molecule has 28 heavy (non-hydrogen) atoms. The van der Waals surface area contributed by atoms with Crippen molar-refractivity contribution in [3.05, 3.63) is 29.8 Å². The number of carbonyl (C=O) groups excluding carboxylic acids is 2. The first-order valence-corrected chi connectivity index (χ1v) is 10.9. The van der Waals surface area contributed by atoms with Crippen molar-refractivity contribution in [2.24, 2.45) is 0 Å². The zero-order valence-electron chi connectivity index (χ0n) is 17.9. The summed E-state index contributed by atoms with van der Waals surface area (Å²) in [7, 11) is 2.19. The van der Waals surface area contributed by atoms with Gasteiger partial charge in [0.15, 0.2) is 0 Å². The Hall–Kier alpha value is -2.04. The highest BCUT2D eigenvalue weighted by Gasteiger charge is 2.18. The molecule has 0 spiro atoms. The van der Waals surface area contributed by atoms with Crippen molar-refractivity contribution in [2.75, 3.05) is 25.0 Å². The van der Waals surface area contributed by atoms with Crippen molar-refractivity contribution in [2.45, 2.75) is 77.8 Å². The summed E-state index contributed by atoms with van der Waals surface area (Å²) in [4.78, 5) is 28.2. The van der Waals surface area contributed by atoms with E-state index in [0.29, 0.717) is 31.8 Å². The van der Waals surface area contributed by atoms with Gasteiger partial charge >= 0.3 is 0 Å². The van der Waals surface area contributed by atoms with Crippen molar-refractivity contribution in [3.63, 3.8) is 0 Å². The molecule has 5 nitrogen and oxygen atoms in total. The normalized spacial score (nSPS) is 14.5. The number of rotatable bonds is 10. The Morgan fingerprint density at radius 2 is 1.64 bits per heavy atom. The maximum absolute atomic E-state index is 12.0. The van der Waals surface area contributed by atoms with Gasteiger partial charge in [-0.1, -0.05) is 31.4 Å². The summed E-state index contributed by atoms with van der Waals surface area (Å²) in [5, 5.41) is 2.96. The molecule has 0 bridgehead atoms. The Labute approximate surface area is 170 Å². The highest BCUT2D eigenvalue weighted by atomic mass is 16.2. The third kappa shape index (κ3) is 6.84. The molecule has 0 atom stereocenters. The molecule has 1 saturated carbocycles. The highest BCUT2D eigenvalue weighted by molar-refractivity contribution is 5.78. The van der Waals surface area contributed by atoms with Crippen LogP contribution in [0.1, 0.15) is 70.8 Å². The standard InChI is InChI=1S/C23H37N3O2/c1-4-26(5-2)23(28)13-9-12-22(27)24-18-19-14-16-21(17-15-19)25(3)20-10-7-6-8-11-20/h14-17,20H,4-13,18H2,1-3H3,(H,24,27). The van der Waals surface area contributed by atoms with E-state index in [0.717, 1.165) is 18.7 Å². The average Bonchev–Trinajstić information content (AvgIpc) is 2.73. The molecule has 1 fully saturated rings. The molecule has 0 unspecified atom stereocenters. The second-order valence-corrected chi connectivity index (χ2v) is 7.77. The van der Waals surface area contributed by atoms with Gasteiger partial charge in [-0.3, -0.25) is 9.59 Å². The number of carbonyl (C=O) groups is 2. The van der Waals surface area contributed by atoms with Gasteiger partial charge in [0.05, 0.1) is 0 Å². The molecule has 1 aromatic rings. The summed E-state index contributed by atoms with van der Waals surface area (Å²) in [6, 6.07) is 9.15. The third-order valence-corrected chi connectivity index (χ3v) is 5.87. The maximum atomic E-state index is 12.0. The first-order chi connectivity index (χ1) is 13.5. The molecule has 1 aliphatic carbocycles. The molecular formula is C23H37N3O2. The molecule has 156 valence electrons. The van der Waals surface area contributed by atoms with Crippen LogP contribution in [0.5, 0.6) is 0 Å². The predicted octanol–water partition coefficient (Wildman–Crippen LogP) is 4.11. The molecule has 0 radical (unpaired) electrons. The number of benzene rings is 1. The third-order valence-electron chi connectivity index (χ3n) is 5.87. The van der Waals surface area contributed by atoms with Crippen LogP contribution in [-0.2, 0) is 16.1 Å². The van der Waals surface area contributed by atoms with Gasteiger partial charge in [0.25, 0.3) is 0 Å². The van der Waals surface area contributed by atoms with Crippen LogP contribution in [0.2, 0.25) is 0 Å². The number of anilines is 1. The van der Waals surface area contributed by atoms with Gasteiger partial charge in [-0.2, -0.15) is 0 Å². The second-order valence-electron chi connectivity index (χ2n) is 7.77. The molecular weight excluding hydrogens is 350 g/mol. The number of hydrogen-bond acceptors (Lipinski definition) is 3. The molecule has 5 heteroatoms. The zero-order valence-corrected chi connectivity index (χ0v) is 17.9. The predicted molar refractivity (Wildman–Crippen MR) is 115 cm³/mol. The van der Waals surface area contributed by atoms with Crippen molar-refractivity contribution >= 4 is 17.5 Å². The molecule has 1 N–H and O–H groups in total. The summed E-state index contributed by atoms with van der Waals surface area (Å²) < 4.78 is 0. The minimum absolute atomic E-state index is 0.00995. The van der Waals surface area contributed by atoms with E-state index < -0.39 is 0 Å². The summed E-state index contributed by atoms with van der Waals surface area (Å²) in [6.07, 6.45) is 8.04. The number of amides is 2. The van der Waals surface area contributed by atoms with Crippen LogP contribution in [0.3, 0.4) is 0 Å². The lowest BCUT2D eigenvalue weighted by Crippen LogP contribution is -2.33. The minimum atomic E-state index is 0.00995. The number of nitrogens with zero attached hydrogens (tertiary/aromatic N) is 2. The number of hydrogen-bond donors (Lipinski definition) is 1. The van der Waals surface area contributed by atoms with E-state index in [-0.39, 0.29) is 11.8 Å². The van der Waals surface area contributed by atoms with Crippen LogP contribution in [0.15, 0.2) is 24.3 Å². The maximum Gasteiger partial charge on any atom is 0.222 e. The topological polar surface area (TPSA) is 52.7 Å². The summed E-state index contributed by atoms with van der Waals surface area (Å²) >= 11 is 0. The fourth-order valence-electron chi connectivity index (χ4n) is 3.95. The van der Waals surface area contributed by atoms with E-state index in [9.17, 15) is 9.59 Å². The van der Waals surface area contributed by atoms with Crippen LogP contribution >= 0.6 is 0 Å².